The smallest absolute Gasteiger partial charge is 0.339 e. The van der Waals surface area contributed by atoms with Crippen LogP contribution in [0.3, 0.4) is 0 Å². The van der Waals surface area contributed by atoms with Gasteiger partial charge in [0, 0.05) is 11.8 Å². The molecular formula is C16H12ClFN2O5. The molecular weight excluding hydrogens is 355 g/mol. The fourth-order valence-corrected chi connectivity index (χ4v) is 2.06. The van der Waals surface area contributed by atoms with E-state index in [9.17, 15) is 24.1 Å². The number of nitro benzene ring substituents is 1. The lowest BCUT2D eigenvalue weighted by molar-refractivity contribution is -0.384. The Morgan fingerprint density at radius 2 is 2.00 bits per heavy atom. The average molecular weight is 367 g/mol. The molecule has 0 fully saturated rings. The Morgan fingerprint density at radius 1 is 1.28 bits per heavy atom. The number of nitro groups is 1. The molecule has 7 nitrogen and oxygen atoms in total. The molecule has 0 saturated heterocycles. The number of hydrogen-bond acceptors (Lipinski definition) is 5. The van der Waals surface area contributed by atoms with Crippen LogP contribution in [0.1, 0.15) is 17.3 Å². The summed E-state index contributed by atoms with van der Waals surface area (Å²) in [4.78, 5) is 34.1. The van der Waals surface area contributed by atoms with Crippen molar-refractivity contribution in [2.75, 3.05) is 5.32 Å². The van der Waals surface area contributed by atoms with Crippen LogP contribution < -0.4 is 5.32 Å². The van der Waals surface area contributed by atoms with E-state index in [0.29, 0.717) is 0 Å². The highest BCUT2D eigenvalue weighted by Crippen LogP contribution is 2.25. The average Bonchev–Trinajstić information content (AvgIpc) is 2.54. The summed E-state index contributed by atoms with van der Waals surface area (Å²) in [6.07, 6.45) is -1.20. The molecule has 0 heterocycles. The number of carbonyl (C=O) groups is 2. The van der Waals surface area contributed by atoms with Crippen LogP contribution in [0.25, 0.3) is 0 Å². The molecule has 2 rings (SSSR count). The molecule has 1 N–H and O–H groups in total. The SMILES string of the molecule is CC(OC(=O)c1ccc(Cl)c([N+](=O)[O-])c1)C(=O)Nc1cccc(F)c1. The van der Waals surface area contributed by atoms with Crippen LogP contribution in [0.15, 0.2) is 42.5 Å². The fourth-order valence-electron chi connectivity index (χ4n) is 1.87. The van der Waals surface area contributed by atoms with Gasteiger partial charge in [0.25, 0.3) is 11.6 Å². The van der Waals surface area contributed by atoms with Crippen molar-refractivity contribution in [1.82, 2.24) is 0 Å². The number of rotatable bonds is 5. The van der Waals surface area contributed by atoms with Crippen molar-refractivity contribution < 1.29 is 23.6 Å². The van der Waals surface area contributed by atoms with E-state index < -0.39 is 34.4 Å². The summed E-state index contributed by atoms with van der Waals surface area (Å²) in [5, 5.41) is 13.1. The molecule has 9 heteroatoms. The summed E-state index contributed by atoms with van der Waals surface area (Å²) in [5.74, 6) is -2.14. The molecule has 0 aliphatic heterocycles. The molecule has 25 heavy (non-hydrogen) atoms. The highest BCUT2D eigenvalue weighted by molar-refractivity contribution is 6.32. The quantitative estimate of drug-likeness (QED) is 0.495. The van der Waals surface area contributed by atoms with Crippen LogP contribution >= 0.6 is 11.6 Å². The highest BCUT2D eigenvalue weighted by Gasteiger charge is 2.22. The summed E-state index contributed by atoms with van der Waals surface area (Å²) in [6.45, 7) is 1.32. The number of amides is 1. The predicted molar refractivity (Wildman–Crippen MR) is 88.0 cm³/mol. The highest BCUT2D eigenvalue weighted by atomic mass is 35.5. The molecule has 0 aliphatic carbocycles. The van der Waals surface area contributed by atoms with Crippen molar-refractivity contribution in [3.05, 3.63) is 69.0 Å². The number of benzene rings is 2. The third kappa shape index (κ3) is 4.74. The second-order valence-electron chi connectivity index (χ2n) is 4.97. The van der Waals surface area contributed by atoms with Crippen molar-refractivity contribution in [3.8, 4) is 0 Å². The van der Waals surface area contributed by atoms with Crippen LogP contribution in [0, 0.1) is 15.9 Å². The summed E-state index contributed by atoms with van der Waals surface area (Å²) < 4.78 is 18.0. The van der Waals surface area contributed by atoms with Crippen molar-refractivity contribution in [2.45, 2.75) is 13.0 Å². The maximum atomic E-state index is 13.1. The Kier molecular flexibility index (Phi) is 5.66. The minimum Gasteiger partial charge on any atom is -0.449 e. The number of esters is 1. The van der Waals surface area contributed by atoms with Crippen molar-refractivity contribution >= 4 is 34.9 Å². The summed E-state index contributed by atoms with van der Waals surface area (Å²) in [6, 6.07) is 8.60. The van der Waals surface area contributed by atoms with E-state index in [4.69, 9.17) is 16.3 Å². The van der Waals surface area contributed by atoms with Gasteiger partial charge in [-0.05, 0) is 37.3 Å². The summed E-state index contributed by atoms with van der Waals surface area (Å²) in [7, 11) is 0. The van der Waals surface area contributed by atoms with Crippen LogP contribution in [-0.2, 0) is 9.53 Å². The van der Waals surface area contributed by atoms with E-state index in [1.165, 1.54) is 37.3 Å². The third-order valence-corrected chi connectivity index (χ3v) is 3.44. The fraction of sp³-hybridized carbons (Fsp3) is 0.125. The molecule has 2 aromatic carbocycles. The van der Waals surface area contributed by atoms with Gasteiger partial charge < -0.3 is 10.1 Å². The van der Waals surface area contributed by atoms with E-state index >= 15 is 0 Å². The number of nitrogens with one attached hydrogen (secondary N) is 1. The number of nitrogens with zero attached hydrogens (tertiary/aromatic N) is 1. The normalized spacial score (nSPS) is 11.5. The molecule has 0 aromatic heterocycles. The van der Waals surface area contributed by atoms with Gasteiger partial charge in [0.2, 0.25) is 0 Å². The van der Waals surface area contributed by atoms with Gasteiger partial charge in [-0.2, -0.15) is 0 Å². The zero-order valence-electron chi connectivity index (χ0n) is 12.9. The second kappa shape index (κ2) is 7.71. The summed E-state index contributed by atoms with van der Waals surface area (Å²) in [5.41, 5.74) is -0.371. The lowest BCUT2D eigenvalue weighted by atomic mass is 10.2. The van der Waals surface area contributed by atoms with E-state index in [1.54, 1.807) is 0 Å². The maximum Gasteiger partial charge on any atom is 0.339 e. The van der Waals surface area contributed by atoms with Crippen molar-refractivity contribution in [3.63, 3.8) is 0 Å². The van der Waals surface area contributed by atoms with Gasteiger partial charge in [-0.15, -0.1) is 0 Å². The number of ether oxygens (including phenoxy) is 1. The monoisotopic (exact) mass is 366 g/mol. The minimum atomic E-state index is -1.20. The first-order valence-corrected chi connectivity index (χ1v) is 7.37. The maximum absolute atomic E-state index is 13.1. The third-order valence-electron chi connectivity index (χ3n) is 3.12. The van der Waals surface area contributed by atoms with Crippen LogP contribution in [-0.4, -0.2) is 22.9 Å². The minimum absolute atomic E-state index is 0.124. The predicted octanol–water partition coefficient (Wildman–Crippen LogP) is 3.57. The Labute approximate surface area is 146 Å². The number of anilines is 1. The molecule has 1 atom stereocenters. The van der Waals surface area contributed by atoms with E-state index in [-0.39, 0.29) is 16.3 Å². The number of halogens is 2. The molecule has 0 bridgehead atoms. The van der Waals surface area contributed by atoms with E-state index in [2.05, 4.69) is 5.32 Å². The molecule has 0 saturated carbocycles. The van der Waals surface area contributed by atoms with Crippen LogP contribution in [0.2, 0.25) is 5.02 Å². The van der Waals surface area contributed by atoms with Crippen molar-refractivity contribution in [2.24, 2.45) is 0 Å². The molecule has 130 valence electrons. The lowest BCUT2D eigenvalue weighted by Gasteiger charge is -2.13. The molecule has 1 unspecified atom stereocenters. The molecule has 0 aliphatic rings. The molecule has 2 aromatic rings. The molecule has 1 amide bonds. The Balaban J connectivity index is 2.05. The van der Waals surface area contributed by atoms with Crippen LogP contribution in [0.5, 0.6) is 0 Å². The Hall–Kier alpha value is -3.00. The van der Waals surface area contributed by atoms with Crippen molar-refractivity contribution in [1.29, 1.82) is 0 Å². The van der Waals surface area contributed by atoms with Crippen LogP contribution in [0.4, 0.5) is 15.8 Å². The Morgan fingerprint density at radius 3 is 2.64 bits per heavy atom. The van der Waals surface area contributed by atoms with Gasteiger partial charge in [0.15, 0.2) is 6.10 Å². The first kappa shape index (κ1) is 18.3. The Bertz CT molecular complexity index is 843. The van der Waals surface area contributed by atoms with Gasteiger partial charge in [-0.25, -0.2) is 9.18 Å². The summed E-state index contributed by atoms with van der Waals surface area (Å²) >= 11 is 5.67. The van der Waals surface area contributed by atoms with E-state index in [0.717, 1.165) is 12.1 Å². The molecule has 0 radical (unpaired) electrons. The standard InChI is InChI=1S/C16H12ClFN2O5/c1-9(15(21)19-12-4-2-3-11(18)8-12)25-16(22)10-5-6-13(17)14(7-10)20(23)24/h2-9H,1H3,(H,19,21). The van der Waals surface area contributed by atoms with Gasteiger partial charge in [-0.1, -0.05) is 17.7 Å². The second-order valence-corrected chi connectivity index (χ2v) is 5.38. The zero-order valence-corrected chi connectivity index (χ0v) is 13.6. The number of hydrogen-bond donors (Lipinski definition) is 1. The van der Waals surface area contributed by atoms with Gasteiger partial charge in [-0.3, -0.25) is 14.9 Å². The zero-order chi connectivity index (χ0) is 18.6. The topological polar surface area (TPSA) is 98.5 Å². The number of carbonyl (C=O) groups excluding carboxylic acids is 2. The first-order chi connectivity index (χ1) is 11.8. The largest absolute Gasteiger partial charge is 0.449 e. The van der Waals surface area contributed by atoms with E-state index in [1.807, 2.05) is 0 Å². The first-order valence-electron chi connectivity index (χ1n) is 6.99. The lowest BCUT2D eigenvalue weighted by Crippen LogP contribution is -2.30. The van der Waals surface area contributed by atoms with Gasteiger partial charge >= 0.3 is 5.97 Å². The molecule has 0 spiro atoms. The van der Waals surface area contributed by atoms with Gasteiger partial charge in [0.05, 0.1) is 10.5 Å². The van der Waals surface area contributed by atoms with Gasteiger partial charge in [0.1, 0.15) is 10.8 Å².